The Labute approximate surface area is 174 Å². The van der Waals surface area contributed by atoms with Gasteiger partial charge >= 0.3 is 11.9 Å². The van der Waals surface area contributed by atoms with Gasteiger partial charge in [0.15, 0.2) is 0 Å². The second-order valence-electron chi connectivity index (χ2n) is 7.29. The predicted molar refractivity (Wildman–Crippen MR) is 114 cm³/mol. The summed E-state index contributed by atoms with van der Waals surface area (Å²) in [4.78, 5) is 27.7. The number of hydrogen-bond donors (Lipinski definition) is 2. The van der Waals surface area contributed by atoms with E-state index in [0.717, 1.165) is 27.7 Å². The molecule has 3 aromatic rings. The van der Waals surface area contributed by atoms with Crippen molar-refractivity contribution in [3.8, 4) is 0 Å². The number of para-hydroxylation sites is 1. The number of H-pyrrole nitrogens is 1. The molecule has 0 saturated carbocycles. The molecule has 2 heterocycles. The summed E-state index contributed by atoms with van der Waals surface area (Å²) in [5, 5.41) is 4.50. The summed E-state index contributed by atoms with van der Waals surface area (Å²) in [6.07, 6.45) is 4.25. The highest BCUT2D eigenvalue weighted by molar-refractivity contribution is 5.87. The van der Waals surface area contributed by atoms with Crippen LogP contribution in [-0.2, 0) is 32.1 Å². The van der Waals surface area contributed by atoms with E-state index in [1.807, 2.05) is 48.5 Å². The number of methoxy groups -OCH3 is 1. The minimum atomic E-state index is -0.461. The third-order valence-corrected chi connectivity index (χ3v) is 5.34. The van der Waals surface area contributed by atoms with E-state index in [4.69, 9.17) is 4.74 Å². The average molecular weight is 404 g/mol. The third kappa shape index (κ3) is 4.28. The molecule has 1 aliphatic rings. The standard InChI is InChI=1S/C24H24N2O4/c1-29-22(27)13-7-12-20-23-18(17-10-5-6-11-19(17)26-23)14-21(25-20)24(28)30-15-16-8-3-2-4-9-16/h2-11,13,20-21,25-26H,12,14-15H2,1H3/b13-7+/t20-,21+/m0/s1. The van der Waals surface area contributed by atoms with Crippen molar-refractivity contribution in [2.24, 2.45) is 0 Å². The maximum absolute atomic E-state index is 12.8. The minimum Gasteiger partial charge on any atom is -0.466 e. The summed E-state index contributed by atoms with van der Waals surface area (Å²) in [6.45, 7) is 0.242. The fourth-order valence-electron chi connectivity index (χ4n) is 3.86. The van der Waals surface area contributed by atoms with Crippen LogP contribution in [0.15, 0.2) is 66.7 Å². The normalized spacial score (nSPS) is 18.3. The van der Waals surface area contributed by atoms with Crippen LogP contribution in [0.5, 0.6) is 0 Å². The van der Waals surface area contributed by atoms with Gasteiger partial charge in [0.2, 0.25) is 0 Å². The number of aromatic amines is 1. The highest BCUT2D eigenvalue weighted by atomic mass is 16.5. The Hall–Kier alpha value is -3.38. The Morgan fingerprint density at radius 3 is 2.67 bits per heavy atom. The Balaban J connectivity index is 1.55. The molecule has 0 radical (unpaired) electrons. The molecule has 2 atom stereocenters. The summed E-state index contributed by atoms with van der Waals surface area (Å²) < 4.78 is 10.2. The first kappa shape index (κ1) is 19.9. The van der Waals surface area contributed by atoms with Crippen molar-refractivity contribution >= 4 is 22.8 Å². The van der Waals surface area contributed by atoms with Gasteiger partial charge in [-0.3, -0.25) is 10.1 Å². The van der Waals surface area contributed by atoms with Crippen molar-refractivity contribution in [3.63, 3.8) is 0 Å². The van der Waals surface area contributed by atoms with Crippen LogP contribution < -0.4 is 5.32 Å². The highest BCUT2D eigenvalue weighted by Gasteiger charge is 2.33. The molecule has 0 amide bonds. The third-order valence-electron chi connectivity index (χ3n) is 5.34. The van der Waals surface area contributed by atoms with Crippen LogP contribution in [0.2, 0.25) is 0 Å². The van der Waals surface area contributed by atoms with Gasteiger partial charge in [0.1, 0.15) is 12.6 Å². The fourth-order valence-corrected chi connectivity index (χ4v) is 3.86. The van der Waals surface area contributed by atoms with Gasteiger partial charge in [-0.1, -0.05) is 54.6 Å². The lowest BCUT2D eigenvalue weighted by Crippen LogP contribution is -2.45. The minimum absolute atomic E-state index is 0.142. The van der Waals surface area contributed by atoms with E-state index in [0.29, 0.717) is 12.8 Å². The Morgan fingerprint density at radius 2 is 1.87 bits per heavy atom. The van der Waals surface area contributed by atoms with Gasteiger partial charge in [0, 0.05) is 29.1 Å². The largest absolute Gasteiger partial charge is 0.466 e. The van der Waals surface area contributed by atoms with E-state index < -0.39 is 12.0 Å². The molecule has 2 N–H and O–H groups in total. The van der Waals surface area contributed by atoms with Crippen molar-refractivity contribution < 1.29 is 19.1 Å². The number of fused-ring (bicyclic) bond motifs is 3. The summed E-state index contributed by atoms with van der Waals surface area (Å²) in [7, 11) is 1.35. The van der Waals surface area contributed by atoms with E-state index in [9.17, 15) is 9.59 Å². The second kappa shape index (κ2) is 8.97. The second-order valence-corrected chi connectivity index (χ2v) is 7.29. The number of carbonyl (C=O) groups is 2. The molecular weight excluding hydrogens is 380 g/mol. The van der Waals surface area contributed by atoms with Crippen LogP contribution in [-0.4, -0.2) is 30.1 Å². The van der Waals surface area contributed by atoms with Crippen molar-refractivity contribution in [1.82, 2.24) is 10.3 Å². The molecule has 0 bridgehead atoms. The zero-order valence-electron chi connectivity index (χ0n) is 16.8. The summed E-state index contributed by atoms with van der Waals surface area (Å²) >= 11 is 0. The van der Waals surface area contributed by atoms with Crippen LogP contribution in [0, 0.1) is 0 Å². The van der Waals surface area contributed by atoms with Gasteiger partial charge in [-0.15, -0.1) is 0 Å². The molecule has 0 saturated heterocycles. The molecule has 4 rings (SSSR count). The number of esters is 2. The molecule has 6 heteroatoms. The molecule has 0 aliphatic carbocycles. The van der Waals surface area contributed by atoms with Crippen LogP contribution in [0.1, 0.15) is 29.3 Å². The topological polar surface area (TPSA) is 80.4 Å². The van der Waals surface area contributed by atoms with Gasteiger partial charge in [0.05, 0.1) is 13.2 Å². The average Bonchev–Trinajstić information content (AvgIpc) is 3.17. The summed E-state index contributed by atoms with van der Waals surface area (Å²) in [6, 6.07) is 17.1. The molecule has 0 fully saturated rings. The molecule has 154 valence electrons. The number of benzene rings is 2. The van der Waals surface area contributed by atoms with Crippen LogP contribution in [0.3, 0.4) is 0 Å². The maximum Gasteiger partial charge on any atom is 0.330 e. The molecule has 1 aliphatic heterocycles. The molecule has 1 aromatic heterocycles. The van der Waals surface area contributed by atoms with Crippen molar-refractivity contribution in [2.45, 2.75) is 31.5 Å². The molecule has 0 spiro atoms. The van der Waals surface area contributed by atoms with Crippen LogP contribution in [0.4, 0.5) is 0 Å². The highest BCUT2D eigenvalue weighted by Crippen LogP contribution is 2.33. The lowest BCUT2D eigenvalue weighted by Gasteiger charge is -2.29. The Bertz CT molecular complexity index is 1070. The Kier molecular flexibility index (Phi) is 5.95. The van der Waals surface area contributed by atoms with E-state index in [1.54, 1.807) is 6.08 Å². The van der Waals surface area contributed by atoms with E-state index in [-0.39, 0.29) is 18.6 Å². The van der Waals surface area contributed by atoms with Crippen LogP contribution >= 0.6 is 0 Å². The Morgan fingerprint density at radius 1 is 1.10 bits per heavy atom. The molecule has 6 nitrogen and oxygen atoms in total. The van der Waals surface area contributed by atoms with Crippen molar-refractivity contribution in [2.75, 3.05) is 7.11 Å². The first-order valence-electron chi connectivity index (χ1n) is 9.96. The number of hydrogen-bond acceptors (Lipinski definition) is 5. The predicted octanol–water partition coefficient (Wildman–Crippen LogP) is 3.59. The first-order valence-corrected chi connectivity index (χ1v) is 9.96. The molecular formula is C24H24N2O4. The lowest BCUT2D eigenvalue weighted by molar-refractivity contribution is -0.148. The fraction of sp³-hybridized carbons (Fsp3) is 0.250. The quantitative estimate of drug-likeness (QED) is 0.485. The van der Waals surface area contributed by atoms with Gasteiger partial charge < -0.3 is 14.5 Å². The number of nitrogens with one attached hydrogen (secondary N) is 2. The van der Waals surface area contributed by atoms with E-state index in [2.05, 4.69) is 21.1 Å². The summed E-state index contributed by atoms with van der Waals surface area (Å²) in [5.41, 5.74) is 4.14. The molecule has 0 unspecified atom stereocenters. The number of ether oxygens (including phenoxy) is 2. The van der Waals surface area contributed by atoms with E-state index in [1.165, 1.54) is 13.2 Å². The number of aromatic nitrogens is 1. The zero-order valence-corrected chi connectivity index (χ0v) is 16.8. The van der Waals surface area contributed by atoms with Gasteiger partial charge in [0.25, 0.3) is 0 Å². The van der Waals surface area contributed by atoms with Crippen molar-refractivity contribution in [3.05, 3.63) is 83.6 Å². The SMILES string of the molecule is COC(=O)/C=C/C[C@@H]1N[C@@H](C(=O)OCc2ccccc2)Cc2c1[nH]c1ccccc21. The van der Waals surface area contributed by atoms with E-state index >= 15 is 0 Å². The number of carbonyl (C=O) groups excluding carboxylic acids is 2. The smallest absolute Gasteiger partial charge is 0.330 e. The monoisotopic (exact) mass is 404 g/mol. The lowest BCUT2D eigenvalue weighted by atomic mass is 9.92. The van der Waals surface area contributed by atoms with Gasteiger partial charge in [-0.2, -0.15) is 0 Å². The van der Waals surface area contributed by atoms with Crippen molar-refractivity contribution in [1.29, 1.82) is 0 Å². The van der Waals surface area contributed by atoms with Crippen LogP contribution in [0.25, 0.3) is 10.9 Å². The summed E-state index contributed by atoms with van der Waals surface area (Å²) in [5.74, 6) is -0.682. The van der Waals surface area contributed by atoms with Gasteiger partial charge in [-0.25, -0.2) is 4.79 Å². The zero-order chi connectivity index (χ0) is 20.9. The first-order chi connectivity index (χ1) is 14.7. The maximum atomic E-state index is 12.8. The molecule has 30 heavy (non-hydrogen) atoms. The number of rotatable bonds is 6. The van der Waals surface area contributed by atoms with Gasteiger partial charge in [-0.05, 0) is 23.6 Å². The molecule has 2 aromatic carbocycles.